The fraction of sp³-hybridized carbons (Fsp3) is 0.455. The van der Waals surface area contributed by atoms with Crippen LogP contribution in [0.3, 0.4) is 0 Å². The molecular weight excluding hydrogens is 337 g/mol. The number of nitrogens with zero attached hydrogens (tertiary/aromatic N) is 1. The molecule has 1 aliphatic heterocycles. The monoisotopic (exact) mass is 349 g/mol. The van der Waals surface area contributed by atoms with Gasteiger partial charge in [0.1, 0.15) is 3.70 Å². The van der Waals surface area contributed by atoms with Crippen molar-refractivity contribution in [3.8, 4) is 11.6 Å². The minimum atomic E-state index is -1.50. The minimum absolute atomic E-state index is 0.157. The average molecular weight is 349 g/mol. The van der Waals surface area contributed by atoms with Gasteiger partial charge >= 0.3 is 0 Å². The van der Waals surface area contributed by atoms with Crippen LogP contribution in [-0.2, 0) is 10.4 Å². The van der Waals surface area contributed by atoms with Crippen molar-refractivity contribution in [1.82, 2.24) is 4.98 Å². The molecule has 6 heteroatoms. The van der Waals surface area contributed by atoms with Crippen LogP contribution in [0.25, 0.3) is 0 Å². The van der Waals surface area contributed by atoms with E-state index < -0.39 is 5.60 Å². The van der Waals surface area contributed by atoms with E-state index in [1.807, 2.05) is 22.6 Å². The lowest BCUT2D eigenvalue weighted by molar-refractivity contribution is -0.143. The second-order valence-corrected chi connectivity index (χ2v) is 4.86. The van der Waals surface area contributed by atoms with Gasteiger partial charge in [0.25, 0.3) is 5.88 Å². The molecule has 5 nitrogen and oxygen atoms in total. The van der Waals surface area contributed by atoms with E-state index in [1.54, 1.807) is 13.0 Å². The molecule has 1 atom stereocenters. The molecule has 0 unspecified atom stereocenters. The second kappa shape index (κ2) is 4.41. The van der Waals surface area contributed by atoms with E-state index in [2.05, 4.69) is 4.98 Å². The van der Waals surface area contributed by atoms with Gasteiger partial charge in [0.05, 0.1) is 7.11 Å². The topological polar surface area (TPSA) is 68.7 Å². The van der Waals surface area contributed by atoms with Gasteiger partial charge < -0.3 is 14.6 Å². The Balaban J connectivity index is 2.68. The molecule has 2 heterocycles. The number of pyridine rings is 1. The van der Waals surface area contributed by atoms with Crippen molar-refractivity contribution in [3.63, 3.8) is 0 Å². The van der Waals surface area contributed by atoms with Crippen LogP contribution in [0.1, 0.15) is 18.9 Å². The number of fused-ring (bicyclic) bond motifs is 1. The summed E-state index contributed by atoms with van der Waals surface area (Å²) in [7, 11) is 1.48. The largest absolute Gasteiger partial charge is 0.480 e. The Bertz CT molecular complexity index is 477. The summed E-state index contributed by atoms with van der Waals surface area (Å²) in [5, 5.41) is 10.4. The van der Waals surface area contributed by atoms with E-state index in [4.69, 9.17) is 9.47 Å². The first kappa shape index (κ1) is 12.6. The van der Waals surface area contributed by atoms with E-state index in [9.17, 15) is 9.90 Å². The van der Waals surface area contributed by atoms with Crippen LogP contribution in [0.15, 0.2) is 6.07 Å². The van der Waals surface area contributed by atoms with Crippen LogP contribution in [0.2, 0.25) is 0 Å². The number of carbonyl (C=O) groups is 1. The third-order valence-corrected chi connectivity index (χ3v) is 3.42. The van der Waals surface area contributed by atoms with Crippen molar-refractivity contribution in [2.24, 2.45) is 0 Å². The lowest BCUT2D eigenvalue weighted by atomic mass is 9.85. The number of halogens is 1. The molecule has 2 rings (SSSR count). The van der Waals surface area contributed by atoms with E-state index in [-0.39, 0.29) is 12.4 Å². The molecule has 0 saturated carbocycles. The molecule has 0 radical (unpaired) electrons. The van der Waals surface area contributed by atoms with Crippen LogP contribution in [-0.4, -0.2) is 29.6 Å². The summed E-state index contributed by atoms with van der Waals surface area (Å²) in [4.78, 5) is 15.9. The minimum Gasteiger partial charge on any atom is -0.480 e. The molecule has 0 fully saturated rings. The fourth-order valence-electron chi connectivity index (χ4n) is 1.86. The maximum atomic E-state index is 11.8. The summed E-state index contributed by atoms with van der Waals surface area (Å²) in [5.41, 5.74) is -1.06. The van der Waals surface area contributed by atoms with Crippen molar-refractivity contribution in [2.75, 3.05) is 13.7 Å². The molecule has 1 aliphatic rings. The van der Waals surface area contributed by atoms with Crippen LogP contribution >= 0.6 is 22.6 Å². The van der Waals surface area contributed by atoms with Crippen LogP contribution < -0.4 is 9.47 Å². The molecule has 92 valence electrons. The van der Waals surface area contributed by atoms with Gasteiger partial charge in [0.15, 0.2) is 18.0 Å². The Hall–Kier alpha value is -0.890. The molecule has 0 bridgehead atoms. The summed E-state index contributed by atoms with van der Waals surface area (Å²) in [6.07, 6.45) is 0.297. The average Bonchev–Trinajstić information content (AvgIpc) is 2.33. The van der Waals surface area contributed by atoms with Gasteiger partial charge in [0.2, 0.25) is 5.78 Å². The third kappa shape index (κ3) is 1.89. The summed E-state index contributed by atoms with van der Waals surface area (Å²) < 4.78 is 11.1. The highest BCUT2D eigenvalue weighted by Crippen LogP contribution is 2.42. The Labute approximate surface area is 112 Å². The number of ether oxygens (including phenoxy) is 2. The van der Waals surface area contributed by atoms with Crippen molar-refractivity contribution < 1.29 is 19.4 Å². The molecule has 0 amide bonds. The maximum absolute atomic E-state index is 11.8. The maximum Gasteiger partial charge on any atom is 0.258 e. The van der Waals surface area contributed by atoms with E-state index >= 15 is 0 Å². The first-order valence-electron chi connectivity index (χ1n) is 5.16. The lowest BCUT2D eigenvalue weighted by Crippen LogP contribution is -2.42. The number of aliphatic hydroxyl groups is 1. The Morgan fingerprint density at radius 2 is 2.41 bits per heavy atom. The number of hydrogen-bond donors (Lipinski definition) is 1. The van der Waals surface area contributed by atoms with Gasteiger partial charge in [-0.25, -0.2) is 4.98 Å². The smallest absolute Gasteiger partial charge is 0.258 e. The summed E-state index contributed by atoms with van der Waals surface area (Å²) in [6.45, 7) is 1.60. The molecule has 17 heavy (non-hydrogen) atoms. The van der Waals surface area contributed by atoms with E-state index in [0.717, 1.165) is 0 Å². The molecular formula is C11H12INO4. The van der Waals surface area contributed by atoms with Crippen molar-refractivity contribution in [1.29, 1.82) is 0 Å². The Morgan fingerprint density at radius 3 is 3.00 bits per heavy atom. The molecule has 0 saturated heterocycles. The number of methoxy groups -OCH3 is 1. The predicted molar refractivity (Wildman–Crippen MR) is 68.2 cm³/mol. The van der Waals surface area contributed by atoms with Crippen LogP contribution in [0.5, 0.6) is 11.6 Å². The van der Waals surface area contributed by atoms with Crippen LogP contribution in [0.4, 0.5) is 0 Å². The summed E-state index contributed by atoms with van der Waals surface area (Å²) in [6, 6.07) is 1.65. The zero-order chi connectivity index (χ0) is 12.6. The Kier molecular flexibility index (Phi) is 3.26. The molecule has 1 aromatic heterocycles. The zero-order valence-electron chi connectivity index (χ0n) is 9.49. The summed E-state index contributed by atoms with van der Waals surface area (Å²) in [5.74, 6) is 0.319. The van der Waals surface area contributed by atoms with Crippen molar-refractivity contribution in [3.05, 3.63) is 15.3 Å². The highest BCUT2D eigenvalue weighted by molar-refractivity contribution is 14.1. The number of ketones is 1. The van der Waals surface area contributed by atoms with Gasteiger partial charge in [-0.15, -0.1) is 0 Å². The van der Waals surface area contributed by atoms with Gasteiger partial charge in [-0.1, -0.05) is 6.92 Å². The van der Waals surface area contributed by atoms with Gasteiger partial charge in [-0.3, -0.25) is 4.79 Å². The Morgan fingerprint density at radius 1 is 1.71 bits per heavy atom. The standard InChI is InChI=1S/C11H12INO4/c1-3-11(15)6-4-8(12)13-10(16-2)9(6)17-5-7(11)14/h4,15H,3,5H2,1-2H3/t11-/m0/s1. The number of Topliss-reactive ketones (excluding diaryl/α,β-unsaturated/α-hetero) is 1. The summed E-state index contributed by atoms with van der Waals surface area (Å²) >= 11 is 2.01. The number of hydrogen-bond acceptors (Lipinski definition) is 5. The lowest BCUT2D eigenvalue weighted by Gasteiger charge is -2.32. The number of carbonyl (C=O) groups excluding carboxylic acids is 1. The molecule has 0 spiro atoms. The normalized spacial score (nSPS) is 22.9. The van der Waals surface area contributed by atoms with Crippen LogP contribution in [0, 0.1) is 3.70 Å². The quantitative estimate of drug-likeness (QED) is 0.643. The number of aromatic nitrogens is 1. The molecule has 1 N–H and O–H groups in total. The van der Waals surface area contributed by atoms with Gasteiger partial charge in [-0.2, -0.15) is 0 Å². The molecule has 0 aliphatic carbocycles. The first-order valence-corrected chi connectivity index (χ1v) is 6.24. The first-order chi connectivity index (χ1) is 8.02. The highest BCUT2D eigenvalue weighted by atomic mass is 127. The van der Waals surface area contributed by atoms with Crippen molar-refractivity contribution in [2.45, 2.75) is 18.9 Å². The van der Waals surface area contributed by atoms with E-state index in [0.29, 0.717) is 27.3 Å². The SMILES string of the molecule is CC[C@@]1(O)C(=O)COc2c1cc(I)nc2OC. The highest BCUT2D eigenvalue weighted by Gasteiger charge is 2.43. The van der Waals surface area contributed by atoms with Crippen molar-refractivity contribution >= 4 is 28.4 Å². The third-order valence-electron chi connectivity index (χ3n) is 2.87. The van der Waals surface area contributed by atoms with Gasteiger partial charge in [-0.05, 0) is 35.1 Å². The van der Waals surface area contributed by atoms with Gasteiger partial charge in [0, 0.05) is 5.56 Å². The predicted octanol–water partition coefficient (Wildman–Crippen LogP) is 1.25. The molecule has 1 aromatic rings. The fourth-order valence-corrected chi connectivity index (χ4v) is 2.39. The van der Waals surface area contributed by atoms with E-state index in [1.165, 1.54) is 7.11 Å². The molecule has 0 aromatic carbocycles. The number of rotatable bonds is 2. The zero-order valence-corrected chi connectivity index (χ0v) is 11.6. The second-order valence-electron chi connectivity index (χ2n) is 3.76.